The summed E-state index contributed by atoms with van der Waals surface area (Å²) in [6.07, 6.45) is 3.85. The predicted octanol–water partition coefficient (Wildman–Crippen LogP) is 6.25. The number of hydrogen-bond donors (Lipinski definition) is 0. The normalized spacial score (nSPS) is 16.3. The first-order chi connectivity index (χ1) is 15.4. The van der Waals surface area contributed by atoms with Gasteiger partial charge in [-0.05, 0) is 47.3 Å². The monoisotopic (exact) mass is 442 g/mol. The predicted molar refractivity (Wildman–Crippen MR) is 134 cm³/mol. The number of nitrogens with zero attached hydrogens (tertiary/aromatic N) is 2. The van der Waals surface area contributed by atoms with Crippen LogP contribution in [0.25, 0.3) is 10.2 Å². The minimum atomic E-state index is 0.122. The lowest BCUT2D eigenvalue weighted by molar-refractivity contribution is 0.218. The molecule has 2 aromatic carbocycles. The summed E-state index contributed by atoms with van der Waals surface area (Å²) in [6, 6.07) is 20.6. The molecule has 0 spiro atoms. The maximum atomic E-state index is 13.9. The van der Waals surface area contributed by atoms with Crippen LogP contribution >= 0.6 is 11.3 Å². The summed E-state index contributed by atoms with van der Waals surface area (Å²) in [5, 5.41) is 0.866. The van der Waals surface area contributed by atoms with E-state index >= 15 is 0 Å². The van der Waals surface area contributed by atoms with E-state index < -0.39 is 0 Å². The third-order valence-electron chi connectivity index (χ3n) is 6.86. The number of aryl methyl sites for hydroxylation is 1. The molecule has 4 aromatic rings. The Bertz CT molecular complexity index is 1300. The van der Waals surface area contributed by atoms with Gasteiger partial charge in [0.25, 0.3) is 5.56 Å². The topological polar surface area (TPSA) is 34.9 Å². The third kappa shape index (κ3) is 4.04. The fourth-order valence-electron chi connectivity index (χ4n) is 4.88. The van der Waals surface area contributed by atoms with Crippen LogP contribution in [-0.2, 0) is 25.8 Å². The zero-order valence-corrected chi connectivity index (χ0v) is 19.9. The molecule has 0 bridgehead atoms. The molecule has 0 aliphatic heterocycles. The Balaban J connectivity index is 1.64. The molecule has 0 N–H and O–H groups in total. The van der Waals surface area contributed by atoms with Gasteiger partial charge < -0.3 is 0 Å². The number of fused-ring (bicyclic) bond motifs is 3. The summed E-state index contributed by atoms with van der Waals surface area (Å²) in [5.41, 5.74) is 3.97. The molecular formula is C28H30N2OS. The molecule has 0 saturated carbocycles. The summed E-state index contributed by atoms with van der Waals surface area (Å²) in [4.78, 5) is 21.3. The fraction of sp³-hybridized carbons (Fsp3) is 0.357. The van der Waals surface area contributed by atoms with Gasteiger partial charge in [-0.2, -0.15) is 0 Å². The molecule has 0 unspecified atom stereocenters. The molecule has 1 aliphatic rings. The maximum absolute atomic E-state index is 13.9. The van der Waals surface area contributed by atoms with E-state index in [9.17, 15) is 4.79 Å². The molecule has 2 aromatic heterocycles. The van der Waals surface area contributed by atoms with Crippen molar-refractivity contribution in [2.75, 3.05) is 0 Å². The molecule has 0 amide bonds. The lowest BCUT2D eigenvalue weighted by Crippen LogP contribution is -2.28. The lowest BCUT2D eigenvalue weighted by Gasteiger charge is -2.33. The van der Waals surface area contributed by atoms with E-state index in [0.29, 0.717) is 18.9 Å². The first-order valence-electron chi connectivity index (χ1n) is 11.5. The summed E-state index contributed by atoms with van der Waals surface area (Å²) in [6.45, 7) is 7.55. The van der Waals surface area contributed by atoms with Crippen molar-refractivity contribution in [2.45, 2.75) is 53.0 Å². The minimum absolute atomic E-state index is 0.122. The summed E-state index contributed by atoms with van der Waals surface area (Å²) in [7, 11) is 0. The van der Waals surface area contributed by atoms with Gasteiger partial charge in [0.1, 0.15) is 10.7 Å². The van der Waals surface area contributed by atoms with Crippen LogP contribution in [0.3, 0.4) is 0 Å². The van der Waals surface area contributed by atoms with E-state index in [1.54, 1.807) is 11.3 Å². The van der Waals surface area contributed by atoms with Crippen LogP contribution in [0.1, 0.15) is 54.6 Å². The second-order valence-corrected chi connectivity index (χ2v) is 11.1. The second-order valence-electron chi connectivity index (χ2n) is 10.1. The van der Waals surface area contributed by atoms with Crippen molar-refractivity contribution in [2.24, 2.45) is 11.3 Å². The minimum Gasteiger partial charge on any atom is -0.291 e. The molecule has 32 heavy (non-hydrogen) atoms. The molecule has 5 rings (SSSR count). The number of thiophene rings is 1. The van der Waals surface area contributed by atoms with E-state index in [1.807, 2.05) is 41.0 Å². The Hall–Kier alpha value is -2.72. The molecular weight excluding hydrogens is 412 g/mol. The van der Waals surface area contributed by atoms with E-state index in [2.05, 4.69) is 45.0 Å². The van der Waals surface area contributed by atoms with Crippen LogP contribution in [0, 0.1) is 11.3 Å². The molecule has 4 heteroatoms. The Labute approximate surface area is 193 Å². The van der Waals surface area contributed by atoms with Crippen molar-refractivity contribution in [3.8, 4) is 0 Å². The van der Waals surface area contributed by atoms with Crippen molar-refractivity contribution in [1.82, 2.24) is 9.55 Å². The Morgan fingerprint density at radius 2 is 1.66 bits per heavy atom. The van der Waals surface area contributed by atoms with Gasteiger partial charge in [0.05, 0.1) is 11.9 Å². The smallest absolute Gasteiger partial charge is 0.262 e. The zero-order chi connectivity index (χ0) is 22.3. The van der Waals surface area contributed by atoms with E-state index in [-0.39, 0.29) is 11.0 Å². The van der Waals surface area contributed by atoms with E-state index in [0.717, 1.165) is 40.9 Å². The molecule has 3 nitrogen and oxygen atoms in total. The van der Waals surface area contributed by atoms with Crippen molar-refractivity contribution >= 4 is 21.6 Å². The first-order valence-corrected chi connectivity index (χ1v) is 12.3. The zero-order valence-electron chi connectivity index (χ0n) is 19.1. The number of rotatable bonds is 4. The summed E-state index contributed by atoms with van der Waals surface area (Å²) < 4.78 is 1.91. The second kappa shape index (κ2) is 8.32. The van der Waals surface area contributed by atoms with Crippen molar-refractivity contribution in [3.63, 3.8) is 0 Å². The average molecular weight is 443 g/mol. The van der Waals surface area contributed by atoms with Gasteiger partial charge in [-0.1, -0.05) is 81.4 Å². The summed E-state index contributed by atoms with van der Waals surface area (Å²) >= 11 is 1.75. The molecule has 2 heterocycles. The van der Waals surface area contributed by atoms with Crippen LogP contribution in [0.2, 0.25) is 0 Å². The van der Waals surface area contributed by atoms with Gasteiger partial charge in [-0.15, -0.1) is 11.3 Å². The van der Waals surface area contributed by atoms with Gasteiger partial charge in [0.2, 0.25) is 0 Å². The van der Waals surface area contributed by atoms with Crippen molar-refractivity contribution < 1.29 is 0 Å². The average Bonchev–Trinajstić information content (AvgIpc) is 3.15. The fourth-order valence-corrected chi connectivity index (χ4v) is 6.19. The van der Waals surface area contributed by atoms with Crippen LogP contribution in [0.5, 0.6) is 0 Å². The highest BCUT2D eigenvalue weighted by Gasteiger charge is 2.32. The highest BCUT2D eigenvalue weighted by atomic mass is 32.1. The molecule has 1 aliphatic carbocycles. The number of aromatic nitrogens is 2. The Kier molecular flexibility index (Phi) is 5.50. The molecule has 1 atom stereocenters. The van der Waals surface area contributed by atoms with Gasteiger partial charge in [0, 0.05) is 11.3 Å². The van der Waals surface area contributed by atoms with Crippen LogP contribution in [0.15, 0.2) is 65.5 Å². The Morgan fingerprint density at radius 1 is 1.00 bits per heavy atom. The molecule has 164 valence electrons. The van der Waals surface area contributed by atoms with Crippen molar-refractivity contribution in [1.29, 1.82) is 0 Å². The first kappa shape index (κ1) is 21.1. The van der Waals surface area contributed by atoms with Gasteiger partial charge in [-0.3, -0.25) is 9.36 Å². The molecule has 0 saturated heterocycles. The van der Waals surface area contributed by atoms with Gasteiger partial charge in [-0.25, -0.2) is 4.98 Å². The van der Waals surface area contributed by atoms with Gasteiger partial charge >= 0.3 is 0 Å². The quantitative estimate of drug-likeness (QED) is 0.374. The lowest BCUT2D eigenvalue weighted by atomic mass is 9.72. The molecule has 0 radical (unpaired) electrons. The summed E-state index contributed by atoms with van der Waals surface area (Å²) in [5.74, 6) is 1.50. The molecule has 0 fully saturated rings. The van der Waals surface area contributed by atoms with Crippen LogP contribution in [-0.4, -0.2) is 9.55 Å². The van der Waals surface area contributed by atoms with Crippen LogP contribution in [0.4, 0.5) is 0 Å². The van der Waals surface area contributed by atoms with Gasteiger partial charge in [0.15, 0.2) is 0 Å². The van der Waals surface area contributed by atoms with E-state index in [4.69, 9.17) is 4.98 Å². The highest BCUT2D eigenvalue weighted by molar-refractivity contribution is 7.18. The maximum Gasteiger partial charge on any atom is 0.262 e. The number of hydrogen-bond acceptors (Lipinski definition) is 3. The van der Waals surface area contributed by atoms with Crippen LogP contribution < -0.4 is 5.56 Å². The SMILES string of the molecule is CC(C)(C)[C@H]1CCc2c(sc3nc(Cc4ccccc4)n(Cc4ccccc4)c(=O)c23)C1. The number of benzene rings is 2. The standard InChI is InChI=1S/C28H30N2OS/c1-28(2,3)21-14-15-22-23(17-21)32-26-25(22)27(31)30(18-20-12-8-5-9-13-20)24(29-26)16-19-10-6-4-7-11-19/h4-13,21H,14-18H2,1-3H3/t21-/m0/s1. The highest BCUT2D eigenvalue weighted by Crippen LogP contribution is 2.42. The van der Waals surface area contributed by atoms with E-state index in [1.165, 1.54) is 16.0 Å². The van der Waals surface area contributed by atoms with Crippen molar-refractivity contribution in [3.05, 3.63) is 98.4 Å². The third-order valence-corrected chi connectivity index (χ3v) is 8.01. The Morgan fingerprint density at radius 3 is 2.31 bits per heavy atom. The largest absolute Gasteiger partial charge is 0.291 e.